The van der Waals surface area contributed by atoms with Gasteiger partial charge >= 0.3 is 0 Å². The molecule has 0 spiro atoms. The summed E-state index contributed by atoms with van der Waals surface area (Å²) in [5, 5.41) is 21.8. The van der Waals surface area contributed by atoms with E-state index in [1.165, 1.54) is 0 Å². The van der Waals surface area contributed by atoms with Crippen molar-refractivity contribution in [2.75, 3.05) is 6.61 Å². The largest absolute Gasteiger partial charge is 0.477 e. The molecule has 2 aromatic rings. The number of nitrogens with one attached hydrogen (secondary N) is 2. The summed E-state index contributed by atoms with van der Waals surface area (Å²) in [6, 6.07) is 10.0. The molecule has 4 aliphatic carbocycles. The second-order valence-electron chi connectivity index (χ2n) is 13.3. The van der Waals surface area contributed by atoms with E-state index in [0.29, 0.717) is 48.6 Å². The molecule has 0 aliphatic heterocycles. The molecule has 6 rings (SSSR count). The molecule has 1 aromatic carbocycles. The average Bonchev–Trinajstić information content (AvgIpc) is 3.29. The van der Waals surface area contributed by atoms with Crippen LogP contribution in [0.3, 0.4) is 0 Å². The lowest BCUT2D eigenvalue weighted by atomic mass is 9.52. The first-order valence-corrected chi connectivity index (χ1v) is 14.8. The minimum absolute atomic E-state index is 0.0318. The quantitative estimate of drug-likeness (QED) is 0.381. The van der Waals surface area contributed by atoms with E-state index in [-0.39, 0.29) is 23.8 Å². The van der Waals surface area contributed by atoms with Crippen molar-refractivity contribution in [1.29, 1.82) is 0 Å². The fourth-order valence-corrected chi connectivity index (χ4v) is 7.07. The van der Waals surface area contributed by atoms with Gasteiger partial charge in [-0.05, 0) is 87.7 Å². The van der Waals surface area contributed by atoms with Crippen LogP contribution in [-0.4, -0.2) is 50.5 Å². The number of hydrogen-bond acceptors (Lipinski definition) is 5. The van der Waals surface area contributed by atoms with Crippen LogP contribution < -0.4 is 15.4 Å². The molecule has 4 fully saturated rings. The standard InChI is InChI=1S/C32H44N4O4/c1-21(2)20-40-30-26(29(38)34-28-24-14-23-15-25(28)18-32(39,16-23)17-24)19-33-36(30)13-12-31(3,4)35-27(37)11-10-22-8-6-5-7-9-22/h5-9,12-13,19,21,23-25,28,39H,10-11,14-18,20H2,1-4H3,(H,34,38)(H,35,37)/b13-12+/t23?,24?,25?,28-,32-. The second kappa shape index (κ2) is 11.4. The summed E-state index contributed by atoms with van der Waals surface area (Å²) in [7, 11) is 0. The van der Waals surface area contributed by atoms with Gasteiger partial charge in [0.15, 0.2) is 0 Å². The molecule has 2 amide bonds. The van der Waals surface area contributed by atoms with Crippen LogP contribution in [0.15, 0.2) is 42.6 Å². The second-order valence-corrected chi connectivity index (χ2v) is 13.3. The predicted molar refractivity (Wildman–Crippen MR) is 155 cm³/mol. The van der Waals surface area contributed by atoms with Crippen LogP contribution in [0.1, 0.15) is 82.1 Å². The molecule has 3 N–H and O–H groups in total. The number of benzene rings is 1. The zero-order valence-corrected chi connectivity index (χ0v) is 24.2. The van der Waals surface area contributed by atoms with Crippen molar-refractivity contribution < 1.29 is 19.4 Å². The topological polar surface area (TPSA) is 105 Å². The van der Waals surface area contributed by atoms with Crippen molar-refractivity contribution >= 4 is 18.0 Å². The van der Waals surface area contributed by atoms with Crippen LogP contribution in [0.2, 0.25) is 0 Å². The molecule has 0 radical (unpaired) electrons. The molecule has 2 unspecified atom stereocenters. The lowest BCUT2D eigenvalue weighted by Crippen LogP contribution is -2.61. The summed E-state index contributed by atoms with van der Waals surface area (Å²) >= 11 is 0. The van der Waals surface area contributed by atoms with E-state index < -0.39 is 11.1 Å². The highest BCUT2D eigenvalue weighted by Crippen LogP contribution is 2.55. The van der Waals surface area contributed by atoms with Gasteiger partial charge in [-0.15, -0.1) is 0 Å². The fraction of sp³-hybridized carbons (Fsp3) is 0.594. The Balaban J connectivity index is 1.26. The molecule has 8 heteroatoms. The first-order valence-electron chi connectivity index (χ1n) is 14.8. The Kier molecular flexibility index (Phi) is 8.09. The smallest absolute Gasteiger partial charge is 0.258 e. The molecule has 0 saturated heterocycles. The maximum Gasteiger partial charge on any atom is 0.258 e. The maximum atomic E-state index is 13.5. The zero-order valence-electron chi connectivity index (χ0n) is 24.2. The van der Waals surface area contributed by atoms with Crippen LogP contribution in [-0.2, 0) is 11.2 Å². The van der Waals surface area contributed by atoms with E-state index in [4.69, 9.17) is 4.74 Å². The monoisotopic (exact) mass is 548 g/mol. The van der Waals surface area contributed by atoms with E-state index in [2.05, 4.69) is 29.6 Å². The average molecular weight is 549 g/mol. The van der Waals surface area contributed by atoms with Crippen molar-refractivity contribution in [1.82, 2.24) is 20.4 Å². The first-order chi connectivity index (χ1) is 19.0. The Morgan fingerprint density at radius 3 is 2.52 bits per heavy atom. The number of carbonyl (C=O) groups is 2. The highest BCUT2D eigenvalue weighted by Gasteiger charge is 2.55. The third kappa shape index (κ3) is 6.60. The van der Waals surface area contributed by atoms with Gasteiger partial charge in [-0.3, -0.25) is 9.59 Å². The van der Waals surface area contributed by atoms with E-state index >= 15 is 0 Å². The highest BCUT2D eigenvalue weighted by molar-refractivity contribution is 5.96. The van der Waals surface area contributed by atoms with Gasteiger partial charge in [-0.2, -0.15) is 5.10 Å². The molecule has 216 valence electrons. The van der Waals surface area contributed by atoms with Crippen molar-refractivity contribution in [3.8, 4) is 5.88 Å². The number of ether oxygens (including phenoxy) is 1. The van der Waals surface area contributed by atoms with Gasteiger partial charge in [0.1, 0.15) is 5.56 Å². The molecular formula is C32H44N4O4. The summed E-state index contributed by atoms with van der Waals surface area (Å²) in [5.41, 5.74) is 0.369. The molecule has 40 heavy (non-hydrogen) atoms. The summed E-state index contributed by atoms with van der Waals surface area (Å²) in [5.74, 6) is 1.68. The van der Waals surface area contributed by atoms with Crippen LogP contribution in [0.5, 0.6) is 5.88 Å². The molecule has 1 aromatic heterocycles. The Bertz CT molecular complexity index is 1220. The van der Waals surface area contributed by atoms with Gasteiger partial charge in [0.25, 0.3) is 5.91 Å². The first kappa shape index (κ1) is 28.4. The summed E-state index contributed by atoms with van der Waals surface area (Å²) in [6.07, 6.45) is 10.9. The predicted octanol–water partition coefficient (Wildman–Crippen LogP) is 4.59. The minimum atomic E-state index is -0.627. The Morgan fingerprint density at radius 1 is 1.18 bits per heavy atom. The minimum Gasteiger partial charge on any atom is -0.477 e. The van der Waals surface area contributed by atoms with E-state index in [1.54, 1.807) is 17.1 Å². The number of aryl methyl sites for hydroxylation is 1. The number of hydrogen-bond donors (Lipinski definition) is 3. The molecule has 4 bridgehead atoms. The molecule has 2 atom stereocenters. The molecule has 8 nitrogen and oxygen atoms in total. The fourth-order valence-electron chi connectivity index (χ4n) is 7.07. The van der Waals surface area contributed by atoms with Crippen LogP contribution in [0.25, 0.3) is 6.20 Å². The van der Waals surface area contributed by atoms with Crippen molar-refractivity contribution in [2.24, 2.45) is 23.7 Å². The molecule has 4 aliphatic rings. The SMILES string of the molecule is CC(C)COc1c(C(=O)N[C@H]2C3CC4CC2C[C@](O)(C4)C3)cnn1/C=C/C(C)(C)NC(=O)CCc1ccccc1. The normalized spacial score (nSPS) is 27.4. The van der Waals surface area contributed by atoms with E-state index in [9.17, 15) is 14.7 Å². The van der Waals surface area contributed by atoms with Crippen molar-refractivity contribution in [3.63, 3.8) is 0 Å². The Labute approximate surface area is 237 Å². The van der Waals surface area contributed by atoms with E-state index in [0.717, 1.165) is 37.7 Å². The van der Waals surface area contributed by atoms with E-state index in [1.807, 2.05) is 50.3 Å². The van der Waals surface area contributed by atoms with Crippen LogP contribution >= 0.6 is 0 Å². The molecular weight excluding hydrogens is 504 g/mol. The third-order valence-corrected chi connectivity index (χ3v) is 8.66. The zero-order chi connectivity index (χ0) is 28.5. The van der Waals surface area contributed by atoms with Gasteiger partial charge in [-0.25, -0.2) is 4.68 Å². The summed E-state index contributed by atoms with van der Waals surface area (Å²) < 4.78 is 7.69. The molecule has 4 saturated carbocycles. The number of nitrogens with zero attached hydrogens (tertiary/aromatic N) is 2. The number of aliphatic hydroxyl groups is 1. The van der Waals surface area contributed by atoms with Gasteiger partial charge in [-0.1, -0.05) is 44.2 Å². The van der Waals surface area contributed by atoms with Gasteiger partial charge in [0.05, 0.1) is 23.9 Å². The number of aromatic nitrogens is 2. The third-order valence-electron chi connectivity index (χ3n) is 8.66. The number of carbonyl (C=O) groups excluding carboxylic acids is 2. The van der Waals surface area contributed by atoms with Gasteiger partial charge < -0.3 is 20.5 Å². The van der Waals surface area contributed by atoms with Crippen LogP contribution in [0, 0.1) is 23.7 Å². The van der Waals surface area contributed by atoms with Gasteiger partial charge in [0, 0.05) is 18.7 Å². The molecule has 1 heterocycles. The Hall–Kier alpha value is -3.13. The van der Waals surface area contributed by atoms with Gasteiger partial charge in [0.2, 0.25) is 11.8 Å². The highest BCUT2D eigenvalue weighted by atomic mass is 16.5. The maximum absolute atomic E-state index is 13.5. The lowest BCUT2D eigenvalue weighted by molar-refractivity contribution is -0.137. The van der Waals surface area contributed by atoms with Crippen molar-refractivity contribution in [3.05, 3.63) is 53.7 Å². The van der Waals surface area contributed by atoms with Crippen LogP contribution in [0.4, 0.5) is 0 Å². The number of rotatable bonds is 11. The summed E-state index contributed by atoms with van der Waals surface area (Å²) in [6.45, 7) is 8.42. The van der Waals surface area contributed by atoms with Crippen molar-refractivity contribution in [2.45, 2.75) is 89.8 Å². The number of amides is 2. The summed E-state index contributed by atoms with van der Waals surface area (Å²) in [4.78, 5) is 26.2. The Morgan fingerprint density at radius 2 is 1.88 bits per heavy atom. The lowest BCUT2D eigenvalue weighted by Gasteiger charge is -2.58.